The third-order valence-corrected chi connectivity index (χ3v) is 12.3. The molecule has 0 N–H and O–H groups in total. The minimum absolute atomic E-state index is 0.147. The average Bonchev–Trinajstić information content (AvgIpc) is 3.80. The topological polar surface area (TPSA) is 176 Å². The van der Waals surface area contributed by atoms with Crippen LogP contribution in [0.25, 0.3) is 0 Å². The van der Waals surface area contributed by atoms with Crippen LogP contribution in [0.1, 0.15) is 26.7 Å². The van der Waals surface area contributed by atoms with Crippen molar-refractivity contribution in [2.24, 2.45) is 10.8 Å². The van der Waals surface area contributed by atoms with Gasteiger partial charge in [0.15, 0.2) is 0 Å². The molecule has 1 aromatic rings. The molecule has 6 saturated heterocycles. The van der Waals surface area contributed by atoms with E-state index in [1.807, 2.05) is 0 Å². The molecule has 4 bridgehead atoms. The molecule has 0 amide bonds. The quantitative estimate of drug-likeness (QED) is 0.117. The molecule has 0 saturated carbocycles. The maximum atomic E-state index is 13.9. The van der Waals surface area contributed by atoms with E-state index in [-0.39, 0.29) is 24.0 Å². The number of ether oxygens (including phenoxy) is 6. The van der Waals surface area contributed by atoms with Crippen molar-refractivity contribution in [3.63, 3.8) is 0 Å². The second kappa shape index (κ2) is 10.3. The van der Waals surface area contributed by atoms with Crippen LogP contribution in [0.2, 0.25) is 0 Å². The summed E-state index contributed by atoms with van der Waals surface area (Å²) in [7, 11) is 0. The molecule has 0 radical (unpaired) electrons. The third kappa shape index (κ3) is 4.19. The Kier molecular flexibility index (Phi) is 6.87. The van der Waals surface area contributed by atoms with Gasteiger partial charge in [-0.2, -0.15) is 0 Å². The number of hydrogen-bond donors (Lipinski definition) is 0. The van der Waals surface area contributed by atoms with E-state index in [9.17, 15) is 28.8 Å². The maximum absolute atomic E-state index is 13.9. The van der Waals surface area contributed by atoms with Crippen molar-refractivity contribution in [3.05, 3.63) is 58.2 Å². The van der Waals surface area contributed by atoms with Gasteiger partial charge in [0, 0.05) is 0 Å². The van der Waals surface area contributed by atoms with Crippen LogP contribution in [-0.2, 0) is 63.3 Å². The molecule has 6 heterocycles. The Morgan fingerprint density at radius 3 is 1.58 bits per heavy atom. The van der Waals surface area contributed by atoms with Gasteiger partial charge in [-0.15, -0.1) is 0 Å². The van der Waals surface area contributed by atoms with E-state index in [1.54, 1.807) is 30.3 Å². The second-order valence-electron chi connectivity index (χ2n) is 11.8. The molecule has 10 atom stereocenters. The van der Waals surface area contributed by atoms with Crippen molar-refractivity contribution < 1.29 is 63.3 Å². The molecule has 10 unspecified atom stereocenters. The fourth-order valence-corrected chi connectivity index (χ4v) is 9.86. The molecular weight excluding hydrogens is 711 g/mol. The Bertz CT molecular complexity index is 1480. The molecule has 6 fully saturated rings. The monoisotopic (exact) mass is 738 g/mol. The van der Waals surface area contributed by atoms with E-state index in [0.29, 0.717) is 3.57 Å². The second-order valence-corrected chi connectivity index (χ2v) is 15.2. The molecule has 45 heavy (non-hydrogen) atoms. The van der Waals surface area contributed by atoms with Crippen molar-refractivity contribution >= 4 is 56.5 Å². The van der Waals surface area contributed by atoms with Crippen LogP contribution in [0.3, 0.4) is 0 Å². The molecule has 0 aromatic heterocycles. The summed E-state index contributed by atoms with van der Waals surface area (Å²) in [5.41, 5.74) is -3.42. The molecular formula is C30H27IO14. The summed E-state index contributed by atoms with van der Waals surface area (Å²) in [4.78, 5) is 78.4. The third-order valence-electron chi connectivity index (χ3n) is 8.96. The number of rotatable bonds is 9. The van der Waals surface area contributed by atoms with Crippen molar-refractivity contribution in [3.8, 4) is 0 Å². The Balaban J connectivity index is 1.11. The summed E-state index contributed by atoms with van der Waals surface area (Å²) in [6, 6.07) is 8.21. The molecule has 7 rings (SSSR count). The number of benzene rings is 1. The Morgan fingerprint density at radius 1 is 0.756 bits per heavy atom. The van der Waals surface area contributed by atoms with E-state index in [0.717, 1.165) is 0 Å². The van der Waals surface area contributed by atoms with Crippen LogP contribution >= 0.6 is 20.6 Å². The van der Waals surface area contributed by atoms with E-state index >= 15 is 0 Å². The first-order chi connectivity index (χ1) is 21.4. The van der Waals surface area contributed by atoms with Crippen molar-refractivity contribution in [2.45, 2.75) is 75.5 Å². The van der Waals surface area contributed by atoms with Crippen LogP contribution in [0, 0.1) is 14.4 Å². The zero-order chi connectivity index (χ0) is 32.0. The zero-order valence-corrected chi connectivity index (χ0v) is 26.1. The molecule has 15 heteroatoms. The fourth-order valence-electron chi connectivity index (χ4n) is 6.74. The predicted molar refractivity (Wildman–Crippen MR) is 152 cm³/mol. The van der Waals surface area contributed by atoms with Crippen LogP contribution < -0.4 is 0 Å². The molecule has 1 aromatic carbocycles. The van der Waals surface area contributed by atoms with Gasteiger partial charge in [0.25, 0.3) is 0 Å². The SMILES string of the molecule is C=C(C)C(=O)OC1C2CC3(C(=O)OI(OC(=O)C45CC6OC4C(OC5=O)C6OC(=O)C(=C)C)c4ccccc4)C(=O)OC1C3O2. The summed E-state index contributed by atoms with van der Waals surface area (Å²) in [5, 5.41) is 0. The Labute approximate surface area is 263 Å². The molecule has 0 spiro atoms. The van der Waals surface area contributed by atoms with Crippen LogP contribution in [0.15, 0.2) is 54.6 Å². The van der Waals surface area contributed by atoms with Crippen LogP contribution in [-0.4, -0.2) is 84.6 Å². The Hall–Kier alpha value is -3.83. The van der Waals surface area contributed by atoms with Gasteiger partial charge < -0.3 is 0 Å². The molecule has 6 aliphatic heterocycles. The van der Waals surface area contributed by atoms with Gasteiger partial charge in [0.2, 0.25) is 0 Å². The van der Waals surface area contributed by atoms with Gasteiger partial charge in [0.1, 0.15) is 0 Å². The Morgan fingerprint density at radius 2 is 1.18 bits per heavy atom. The van der Waals surface area contributed by atoms with Gasteiger partial charge in [0.05, 0.1) is 0 Å². The molecule has 6 aliphatic rings. The van der Waals surface area contributed by atoms with Crippen LogP contribution in [0.4, 0.5) is 0 Å². The van der Waals surface area contributed by atoms with Gasteiger partial charge in [-0.1, -0.05) is 0 Å². The summed E-state index contributed by atoms with van der Waals surface area (Å²) < 4.78 is 45.7. The normalized spacial score (nSPS) is 37.9. The van der Waals surface area contributed by atoms with E-state index in [2.05, 4.69) is 13.2 Å². The van der Waals surface area contributed by atoms with E-state index in [1.165, 1.54) is 13.8 Å². The molecule has 0 aliphatic carbocycles. The van der Waals surface area contributed by atoms with Gasteiger partial charge in [-0.3, -0.25) is 0 Å². The number of carbonyl (C=O) groups is 6. The summed E-state index contributed by atoms with van der Waals surface area (Å²) in [6.45, 7) is 10.0. The summed E-state index contributed by atoms with van der Waals surface area (Å²) in [6.07, 6.45) is -8.06. The minimum atomic E-state index is -3.76. The first-order valence-corrected chi connectivity index (χ1v) is 16.9. The number of esters is 4. The fraction of sp³-hybridized carbons (Fsp3) is 0.467. The number of fused-ring (bicyclic) bond motifs is 2. The van der Waals surface area contributed by atoms with E-state index in [4.69, 9.17) is 34.6 Å². The zero-order valence-electron chi connectivity index (χ0n) is 23.9. The number of hydrogen-bond acceptors (Lipinski definition) is 14. The van der Waals surface area contributed by atoms with Gasteiger partial charge in [-0.25, -0.2) is 0 Å². The number of carbonyl (C=O) groups excluding carboxylic acids is 6. The van der Waals surface area contributed by atoms with E-state index < -0.39 is 116 Å². The summed E-state index contributed by atoms with van der Waals surface area (Å²) >= 11 is -3.76. The average molecular weight is 738 g/mol. The first-order valence-electron chi connectivity index (χ1n) is 14.1. The van der Waals surface area contributed by atoms with Crippen molar-refractivity contribution in [1.29, 1.82) is 0 Å². The predicted octanol–water partition coefficient (Wildman–Crippen LogP) is 1.42. The standard InChI is InChI=1S/C30H27IO14/c1-12(2)23(32)40-17-15-10-29(21(38-15)19(17)42-25(29)34)27(36)44-31(14-8-6-5-7-9-14)45-28(37)30-11-16-18(41-24(33)13(3)4)20(22(30)39-16)43-26(30)35/h5-9,15-22H,1,3,10-11H2,2,4H3. The first kappa shape index (κ1) is 29.9. The number of halogens is 1. The summed E-state index contributed by atoms with van der Waals surface area (Å²) in [5.74, 6) is -5.18. The van der Waals surface area contributed by atoms with Crippen molar-refractivity contribution in [2.75, 3.05) is 0 Å². The van der Waals surface area contributed by atoms with Crippen LogP contribution in [0.5, 0.6) is 0 Å². The van der Waals surface area contributed by atoms with Crippen molar-refractivity contribution in [1.82, 2.24) is 0 Å². The molecule has 238 valence electrons. The molecule has 14 nitrogen and oxygen atoms in total. The van der Waals surface area contributed by atoms with Gasteiger partial charge in [-0.05, 0) is 0 Å². The van der Waals surface area contributed by atoms with Gasteiger partial charge >= 0.3 is 264 Å².